The minimum absolute atomic E-state index is 0.606. The molecule has 20 heavy (non-hydrogen) atoms. The molecule has 2 rings (SSSR count). The summed E-state index contributed by atoms with van der Waals surface area (Å²) in [6, 6.07) is 11.9. The summed E-state index contributed by atoms with van der Waals surface area (Å²) in [5.41, 5.74) is 2.09. The first-order chi connectivity index (χ1) is 9.83. The van der Waals surface area contributed by atoms with Crippen molar-refractivity contribution in [3.05, 3.63) is 48.2 Å². The van der Waals surface area contributed by atoms with Gasteiger partial charge in [0.15, 0.2) is 0 Å². The van der Waals surface area contributed by atoms with Gasteiger partial charge in [0.1, 0.15) is 5.75 Å². The Bertz CT molecular complexity index is 526. The summed E-state index contributed by atoms with van der Waals surface area (Å²) in [6.07, 6.45) is 1.73. The molecular formula is C16H20N2O2. The molecule has 1 N–H and O–H groups in total. The average molecular weight is 272 g/mol. The van der Waals surface area contributed by atoms with Gasteiger partial charge in [-0.25, -0.2) is 4.98 Å². The second kappa shape index (κ2) is 7.38. The Morgan fingerprint density at radius 2 is 1.75 bits per heavy atom. The van der Waals surface area contributed by atoms with Crippen molar-refractivity contribution in [1.29, 1.82) is 0 Å². The summed E-state index contributed by atoms with van der Waals surface area (Å²) < 4.78 is 10.9. The van der Waals surface area contributed by atoms with Gasteiger partial charge in [-0.05, 0) is 43.7 Å². The number of benzene rings is 1. The number of hydrogen-bond acceptors (Lipinski definition) is 4. The number of pyridine rings is 1. The molecular weight excluding hydrogens is 252 g/mol. The highest BCUT2D eigenvalue weighted by Gasteiger charge is 2.03. The summed E-state index contributed by atoms with van der Waals surface area (Å²) in [4.78, 5) is 4.21. The first kappa shape index (κ1) is 14.2. The molecule has 0 amide bonds. The lowest BCUT2D eigenvalue weighted by Crippen LogP contribution is -2.04. The van der Waals surface area contributed by atoms with Gasteiger partial charge in [-0.2, -0.15) is 0 Å². The highest BCUT2D eigenvalue weighted by molar-refractivity contribution is 5.52. The predicted octanol–water partition coefficient (Wildman–Crippen LogP) is 3.49. The number of hydrogen-bond donors (Lipinski definition) is 1. The number of nitrogens with zero attached hydrogens (tertiary/aromatic N) is 1. The number of ether oxygens (including phenoxy) is 2. The van der Waals surface area contributed by atoms with Crippen LogP contribution in [0.25, 0.3) is 0 Å². The lowest BCUT2D eigenvalue weighted by molar-refractivity contribution is 0.328. The van der Waals surface area contributed by atoms with Gasteiger partial charge in [-0.1, -0.05) is 12.1 Å². The number of aromatic nitrogens is 1. The van der Waals surface area contributed by atoms with Gasteiger partial charge in [0.2, 0.25) is 5.88 Å². The first-order valence-electron chi connectivity index (χ1n) is 6.87. The molecule has 0 unspecified atom stereocenters. The molecule has 2 aromatic rings. The van der Waals surface area contributed by atoms with Crippen LogP contribution in [0.4, 0.5) is 5.69 Å². The molecule has 1 aromatic heterocycles. The first-order valence-corrected chi connectivity index (χ1v) is 6.87. The fraction of sp³-hybridized carbons (Fsp3) is 0.312. The van der Waals surface area contributed by atoms with E-state index in [1.54, 1.807) is 6.20 Å². The van der Waals surface area contributed by atoms with E-state index in [0.29, 0.717) is 19.1 Å². The Kier molecular flexibility index (Phi) is 5.24. The second-order valence-corrected chi connectivity index (χ2v) is 4.22. The van der Waals surface area contributed by atoms with E-state index >= 15 is 0 Å². The van der Waals surface area contributed by atoms with Gasteiger partial charge < -0.3 is 14.8 Å². The SMILES string of the molecule is CCOc1ccc(CNc2cccnc2OCC)cc1. The highest BCUT2D eigenvalue weighted by Crippen LogP contribution is 2.21. The van der Waals surface area contributed by atoms with E-state index in [4.69, 9.17) is 9.47 Å². The van der Waals surface area contributed by atoms with E-state index in [0.717, 1.165) is 18.0 Å². The average Bonchev–Trinajstić information content (AvgIpc) is 2.48. The summed E-state index contributed by atoms with van der Waals surface area (Å²) in [5, 5.41) is 3.34. The van der Waals surface area contributed by atoms with Crippen molar-refractivity contribution in [3.63, 3.8) is 0 Å². The third-order valence-corrected chi connectivity index (χ3v) is 2.77. The van der Waals surface area contributed by atoms with Crippen LogP contribution in [-0.4, -0.2) is 18.2 Å². The minimum atomic E-state index is 0.606. The van der Waals surface area contributed by atoms with Crippen LogP contribution >= 0.6 is 0 Å². The molecule has 0 radical (unpaired) electrons. The van der Waals surface area contributed by atoms with Crippen LogP contribution in [0, 0.1) is 0 Å². The van der Waals surface area contributed by atoms with Crippen LogP contribution < -0.4 is 14.8 Å². The zero-order valence-electron chi connectivity index (χ0n) is 11.9. The number of anilines is 1. The van der Waals surface area contributed by atoms with Gasteiger partial charge in [-0.3, -0.25) is 0 Å². The molecule has 1 heterocycles. The van der Waals surface area contributed by atoms with E-state index < -0.39 is 0 Å². The second-order valence-electron chi connectivity index (χ2n) is 4.22. The van der Waals surface area contributed by atoms with Crippen LogP contribution in [0.1, 0.15) is 19.4 Å². The van der Waals surface area contributed by atoms with Crippen molar-refractivity contribution < 1.29 is 9.47 Å². The lowest BCUT2D eigenvalue weighted by Gasteiger charge is -2.11. The Balaban J connectivity index is 1.97. The largest absolute Gasteiger partial charge is 0.494 e. The Hall–Kier alpha value is -2.23. The zero-order valence-corrected chi connectivity index (χ0v) is 11.9. The Morgan fingerprint density at radius 1 is 1.00 bits per heavy atom. The normalized spacial score (nSPS) is 10.1. The molecule has 0 saturated carbocycles. The Morgan fingerprint density at radius 3 is 2.45 bits per heavy atom. The van der Waals surface area contributed by atoms with Gasteiger partial charge in [0.25, 0.3) is 0 Å². The highest BCUT2D eigenvalue weighted by atomic mass is 16.5. The van der Waals surface area contributed by atoms with Crippen LogP contribution in [-0.2, 0) is 6.54 Å². The van der Waals surface area contributed by atoms with Crippen LogP contribution in [0.2, 0.25) is 0 Å². The van der Waals surface area contributed by atoms with Crippen molar-refractivity contribution >= 4 is 5.69 Å². The number of rotatable bonds is 7. The van der Waals surface area contributed by atoms with Gasteiger partial charge in [-0.15, -0.1) is 0 Å². The monoisotopic (exact) mass is 272 g/mol. The smallest absolute Gasteiger partial charge is 0.237 e. The van der Waals surface area contributed by atoms with Crippen LogP contribution in [0.5, 0.6) is 11.6 Å². The molecule has 4 heteroatoms. The van der Waals surface area contributed by atoms with Crippen LogP contribution in [0.15, 0.2) is 42.6 Å². The quantitative estimate of drug-likeness (QED) is 0.838. The molecule has 1 aromatic carbocycles. The van der Waals surface area contributed by atoms with Crippen molar-refractivity contribution in [2.75, 3.05) is 18.5 Å². The maximum atomic E-state index is 5.48. The maximum Gasteiger partial charge on any atom is 0.237 e. The maximum absolute atomic E-state index is 5.48. The van der Waals surface area contributed by atoms with Gasteiger partial charge >= 0.3 is 0 Å². The molecule has 0 aliphatic rings. The molecule has 0 atom stereocenters. The molecule has 0 aliphatic carbocycles. The van der Waals surface area contributed by atoms with Gasteiger partial charge in [0.05, 0.1) is 18.9 Å². The van der Waals surface area contributed by atoms with Gasteiger partial charge in [0, 0.05) is 12.7 Å². The van der Waals surface area contributed by atoms with Crippen molar-refractivity contribution in [1.82, 2.24) is 4.98 Å². The molecule has 0 fully saturated rings. The molecule has 0 saturated heterocycles. The van der Waals surface area contributed by atoms with Crippen molar-refractivity contribution in [2.24, 2.45) is 0 Å². The van der Waals surface area contributed by atoms with Crippen molar-refractivity contribution in [2.45, 2.75) is 20.4 Å². The fourth-order valence-corrected chi connectivity index (χ4v) is 1.84. The Labute approximate surface area is 119 Å². The van der Waals surface area contributed by atoms with E-state index in [9.17, 15) is 0 Å². The molecule has 0 aliphatic heterocycles. The summed E-state index contributed by atoms with van der Waals surface area (Å²) in [7, 11) is 0. The summed E-state index contributed by atoms with van der Waals surface area (Å²) in [6.45, 7) is 5.94. The van der Waals surface area contributed by atoms with E-state index in [1.807, 2.05) is 38.1 Å². The summed E-state index contributed by atoms with van der Waals surface area (Å²) in [5.74, 6) is 1.54. The topological polar surface area (TPSA) is 43.4 Å². The summed E-state index contributed by atoms with van der Waals surface area (Å²) >= 11 is 0. The standard InChI is InChI=1S/C16H20N2O2/c1-3-19-14-9-7-13(8-10-14)12-18-15-6-5-11-17-16(15)20-4-2/h5-11,18H,3-4,12H2,1-2H3. The lowest BCUT2D eigenvalue weighted by atomic mass is 10.2. The fourth-order valence-electron chi connectivity index (χ4n) is 1.84. The van der Waals surface area contributed by atoms with Crippen molar-refractivity contribution in [3.8, 4) is 11.6 Å². The minimum Gasteiger partial charge on any atom is -0.494 e. The predicted molar refractivity (Wildman–Crippen MR) is 80.3 cm³/mol. The third kappa shape index (κ3) is 3.88. The zero-order chi connectivity index (χ0) is 14.2. The third-order valence-electron chi connectivity index (χ3n) is 2.77. The number of nitrogens with one attached hydrogen (secondary N) is 1. The van der Waals surface area contributed by atoms with E-state index in [2.05, 4.69) is 22.4 Å². The molecule has 4 nitrogen and oxygen atoms in total. The van der Waals surface area contributed by atoms with Crippen LogP contribution in [0.3, 0.4) is 0 Å². The molecule has 0 bridgehead atoms. The van der Waals surface area contributed by atoms with E-state index in [1.165, 1.54) is 5.56 Å². The molecule has 106 valence electrons. The van der Waals surface area contributed by atoms with E-state index in [-0.39, 0.29) is 0 Å². The molecule has 0 spiro atoms.